The van der Waals surface area contributed by atoms with E-state index in [0.717, 1.165) is 18.4 Å². The van der Waals surface area contributed by atoms with Crippen LogP contribution in [0.5, 0.6) is 5.75 Å². The molecule has 2 aliphatic rings. The maximum atomic E-state index is 15.2. The van der Waals surface area contributed by atoms with Crippen molar-refractivity contribution in [3.63, 3.8) is 0 Å². The van der Waals surface area contributed by atoms with E-state index < -0.39 is 28.5 Å². The van der Waals surface area contributed by atoms with Crippen molar-refractivity contribution in [3.8, 4) is 17.6 Å². The van der Waals surface area contributed by atoms with Crippen LogP contribution in [-0.4, -0.2) is 20.9 Å². The number of nitrogens with one attached hydrogen (secondary N) is 1. The third-order valence-corrected chi connectivity index (χ3v) is 5.75. The Labute approximate surface area is 162 Å². The number of amides is 1. The quantitative estimate of drug-likeness (QED) is 0.800. The Balaban J connectivity index is 1.73. The molecule has 0 spiro atoms. The molecule has 4 rings (SSSR count). The van der Waals surface area contributed by atoms with Crippen molar-refractivity contribution in [1.82, 2.24) is 4.72 Å². The van der Waals surface area contributed by atoms with E-state index >= 15 is 4.39 Å². The largest absolute Gasteiger partial charge is 0.487 e. The van der Waals surface area contributed by atoms with Gasteiger partial charge in [0.2, 0.25) is 0 Å². The molecule has 0 aromatic heterocycles. The molecule has 8 heteroatoms. The summed E-state index contributed by atoms with van der Waals surface area (Å²) < 4.78 is 48.0. The SMILES string of the molecule is O=C1CN(c2c(OCc3ccccc3)ccc(C#CC3CC3)c2F)S(=O)(=O)N1. The molecule has 1 amide bonds. The second kappa shape index (κ2) is 7.17. The molecule has 0 radical (unpaired) electrons. The summed E-state index contributed by atoms with van der Waals surface area (Å²) in [5.41, 5.74) is 0.602. The lowest BCUT2D eigenvalue weighted by Crippen LogP contribution is -2.30. The molecule has 2 aromatic rings. The summed E-state index contributed by atoms with van der Waals surface area (Å²) in [4.78, 5) is 11.6. The summed E-state index contributed by atoms with van der Waals surface area (Å²) in [6.07, 6.45) is 1.97. The molecule has 1 saturated carbocycles. The first-order valence-electron chi connectivity index (χ1n) is 8.78. The van der Waals surface area contributed by atoms with Crippen molar-refractivity contribution in [2.75, 3.05) is 10.8 Å². The number of hydrogen-bond donors (Lipinski definition) is 1. The number of halogens is 1. The second-order valence-corrected chi connectivity index (χ2v) is 8.22. The van der Waals surface area contributed by atoms with Crippen molar-refractivity contribution in [3.05, 3.63) is 59.4 Å². The maximum Gasteiger partial charge on any atom is 0.326 e. The van der Waals surface area contributed by atoms with Crippen LogP contribution in [0, 0.1) is 23.6 Å². The average molecular weight is 400 g/mol. The number of nitrogens with zero attached hydrogens (tertiary/aromatic N) is 1. The number of anilines is 1. The fourth-order valence-corrected chi connectivity index (χ4v) is 3.94. The van der Waals surface area contributed by atoms with E-state index in [1.165, 1.54) is 12.1 Å². The Morgan fingerprint density at radius 1 is 1.18 bits per heavy atom. The standard InChI is InChI=1S/C20H17FN2O4S/c21-19-16(9-8-14-6-7-14)10-11-17(27-13-15-4-2-1-3-5-15)20(19)23-12-18(24)22-28(23,25)26/h1-5,10-11,14H,6-7,12-13H2,(H,22,24). The number of benzene rings is 2. The van der Waals surface area contributed by atoms with Crippen molar-refractivity contribution < 1.29 is 22.3 Å². The minimum absolute atomic E-state index is 0.0263. The lowest BCUT2D eigenvalue weighted by atomic mass is 10.1. The van der Waals surface area contributed by atoms with Crippen LogP contribution in [-0.2, 0) is 21.6 Å². The molecular weight excluding hydrogens is 383 g/mol. The Hall–Kier alpha value is -3.05. The highest BCUT2D eigenvalue weighted by atomic mass is 32.2. The summed E-state index contributed by atoms with van der Waals surface area (Å²) in [6, 6.07) is 12.2. The molecule has 0 atom stereocenters. The zero-order chi connectivity index (χ0) is 19.7. The van der Waals surface area contributed by atoms with Gasteiger partial charge in [-0.25, -0.2) is 13.4 Å². The van der Waals surface area contributed by atoms with Gasteiger partial charge in [0.25, 0.3) is 5.91 Å². The molecule has 1 aliphatic heterocycles. The van der Waals surface area contributed by atoms with E-state index in [-0.39, 0.29) is 29.5 Å². The normalized spacial score (nSPS) is 17.6. The summed E-state index contributed by atoms with van der Waals surface area (Å²) >= 11 is 0. The topological polar surface area (TPSA) is 75.7 Å². The zero-order valence-electron chi connectivity index (χ0n) is 14.8. The van der Waals surface area contributed by atoms with Crippen LogP contribution in [0.4, 0.5) is 10.1 Å². The fraction of sp³-hybridized carbons (Fsp3) is 0.250. The van der Waals surface area contributed by atoms with Gasteiger partial charge < -0.3 is 4.74 Å². The molecule has 1 heterocycles. The van der Waals surface area contributed by atoms with Gasteiger partial charge in [-0.05, 0) is 30.5 Å². The van der Waals surface area contributed by atoms with Crippen LogP contribution in [0.25, 0.3) is 0 Å². The summed E-state index contributed by atoms with van der Waals surface area (Å²) in [5, 5.41) is 0. The third kappa shape index (κ3) is 3.80. The minimum atomic E-state index is -4.19. The number of rotatable bonds is 4. The number of carbonyl (C=O) groups is 1. The summed E-state index contributed by atoms with van der Waals surface area (Å²) in [5.74, 6) is 4.46. The van der Waals surface area contributed by atoms with Crippen LogP contribution in [0.1, 0.15) is 24.0 Å². The Bertz CT molecular complexity index is 1090. The molecule has 144 valence electrons. The molecule has 1 saturated heterocycles. The first-order chi connectivity index (χ1) is 13.4. The van der Waals surface area contributed by atoms with Gasteiger partial charge in [-0.2, -0.15) is 8.42 Å². The van der Waals surface area contributed by atoms with Crippen LogP contribution >= 0.6 is 0 Å². The number of ether oxygens (including phenoxy) is 1. The maximum absolute atomic E-state index is 15.2. The van der Waals surface area contributed by atoms with E-state index in [9.17, 15) is 13.2 Å². The minimum Gasteiger partial charge on any atom is -0.487 e. The second-order valence-electron chi connectivity index (χ2n) is 6.63. The molecule has 0 bridgehead atoms. The lowest BCUT2D eigenvalue weighted by Gasteiger charge is -2.20. The highest BCUT2D eigenvalue weighted by Gasteiger charge is 2.38. The van der Waals surface area contributed by atoms with E-state index in [0.29, 0.717) is 4.31 Å². The Morgan fingerprint density at radius 3 is 2.57 bits per heavy atom. The predicted octanol–water partition coefficient (Wildman–Crippen LogP) is 2.35. The summed E-state index contributed by atoms with van der Waals surface area (Å²) in [6.45, 7) is -0.393. The van der Waals surface area contributed by atoms with Crippen LogP contribution in [0.3, 0.4) is 0 Å². The van der Waals surface area contributed by atoms with Gasteiger partial charge >= 0.3 is 10.2 Å². The van der Waals surface area contributed by atoms with Crippen molar-refractivity contribution in [2.24, 2.45) is 5.92 Å². The van der Waals surface area contributed by atoms with Gasteiger partial charge in [0.15, 0.2) is 5.82 Å². The molecule has 2 fully saturated rings. The first-order valence-corrected chi connectivity index (χ1v) is 10.2. The molecule has 1 N–H and O–H groups in total. The van der Waals surface area contributed by atoms with Gasteiger partial charge in [0.1, 0.15) is 24.6 Å². The molecular formula is C20H17FN2O4S. The van der Waals surface area contributed by atoms with Gasteiger partial charge in [0, 0.05) is 5.92 Å². The highest BCUT2D eigenvalue weighted by molar-refractivity contribution is 7.92. The van der Waals surface area contributed by atoms with Crippen molar-refractivity contribution in [2.45, 2.75) is 19.4 Å². The van der Waals surface area contributed by atoms with E-state index in [1.54, 1.807) is 0 Å². The number of hydrogen-bond acceptors (Lipinski definition) is 4. The predicted molar refractivity (Wildman–Crippen MR) is 101 cm³/mol. The van der Waals surface area contributed by atoms with Crippen molar-refractivity contribution >= 4 is 21.8 Å². The lowest BCUT2D eigenvalue weighted by molar-refractivity contribution is -0.117. The third-order valence-electron chi connectivity index (χ3n) is 4.37. The van der Waals surface area contributed by atoms with Crippen LogP contribution in [0.15, 0.2) is 42.5 Å². The van der Waals surface area contributed by atoms with Gasteiger partial charge in [-0.15, -0.1) is 0 Å². The van der Waals surface area contributed by atoms with Crippen molar-refractivity contribution in [1.29, 1.82) is 0 Å². The van der Waals surface area contributed by atoms with Gasteiger partial charge in [-0.3, -0.25) is 4.79 Å². The van der Waals surface area contributed by atoms with E-state index in [2.05, 4.69) is 11.8 Å². The Kier molecular flexibility index (Phi) is 4.69. The monoisotopic (exact) mass is 400 g/mol. The van der Waals surface area contributed by atoms with Gasteiger partial charge in [-0.1, -0.05) is 42.2 Å². The molecule has 6 nitrogen and oxygen atoms in total. The van der Waals surface area contributed by atoms with E-state index in [4.69, 9.17) is 4.74 Å². The van der Waals surface area contributed by atoms with Gasteiger partial charge in [0.05, 0.1) is 5.56 Å². The summed E-state index contributed by atoms with van der Waals surface area (Å²) in [7, 11) is -4.19. The fourth-order valence-electron chi connectivity index (χ4n) is 2.78. The average Bonchev–Trinajstić information content (AvgIpc) is 3.44. The Morgan fingerprint density at radius 2 is 1.93 bits per heavy atom. The number of carbonyl (C=O) groups excluding carboxylic acids is 1. The van der Waals surface area contributed by atoms with Crippen LogP contribution < -0.4 is 13.8 Å². The molecule has 2 aromatic carbocycles. The molecule has 0 unspecified atom stereocenters. The molecule has 1 aliphatic carbocycles. The highest BCUT2D eigenvalue weighted by Crippen LogP contribution is 2.36. The zero-order valence-corrected chi connectivity index (χ0v) is 15.6. The van der Waals surface area contributed by atoms with Crippen LogP contribution in [0.2, 0.25) is 0 Å². The smallest absolute Gasteiger partial charge is 0.326 e. The molecule has 28 heavy (non-hydrogen) atoms. The van der Waals surface area contributed by atoms with E-state index in [1.807, 2.05) is 35.1 Å². The first kappa shape index (κ1) is 18.3.